The van der Waals surface area contributed by atoms with Gasteiger partial charge in [-0.05, 0) is 68.1 Å². The van der Waals surface area contributed by atoms with E-state index in [0.717, 1.165) is 4.90 Å². The number of carbonyl (C=O) groups is 2. The molecule has 0 aromatic heterocycles. The molecule has 144 valence electrons. The van der Waals surface area contributed by atoms with Crippen molar-refractivity contribution in [3.8, 4) is 5.75 Å². The fourth-order valence-electron chi connectivity index (χ4n) is 2.62. The number of hydrogen-bond acceptors (Lipinski definition) is 4. The van der Waals surface area contributed by atoms with Crippen molar-refractivity contribution in [1.29, 1.82) is 0 Å². The highest BCUT2D eigenvalue weighted by Gasteiger charge is 2.15. The number of nitrogens with one attached hydrogen (secondary N) is 2. The van der Waals surface area contributed by atoms with Gasteiger partial charge < -0.3 is 4.74 Å². The van der Waals surface area contributed by atoms with Crippen molar-refractivity contribution >= 4 is 35.2 Å². The predicted octanol–water partition coefficient (Wildman–Crippen LogP) is 4.14. The van der Waals surface area contributed by atoms with Crippen LogP contribution in [0, 0.1) is 27.7 Å². The van der Waals surface area contributed by atoms with E-state index in [1.165, 1.54) is 47.2 Å². The summed E-state index contributed by atoms with van der Waals surface area (Å²) in [5, 5.41) is 0.406. The fourth-order valence-corrected chi connectivity index (χ4v) is 3.90. The lowest BCUT2D eigenvalue weighted by molar-refractivity contribution is -0.119. The van der Waals surface area contributed by atoms with E-state index >= 15 is 0 Å². The van der Waals surface area contributed by atoms with Gasteiger partial charge in [-0.25, -0.2) is 0 Å². The largest absolute Gasteiger partial charge is 0.496 e. The van der Waals surface area contributed by atoms with Crippen LogP contribution in [0.2, 0.25) is 5.02 Å². The van der Waals surface area contributed by atoms with Crippen LogP contribution in [0.15, 0.2) is 29.2 Å². The molecule has 0 heterocycles. The summed E-state index contributed by atoms with van der Waals surface area (Å²) >= 11 is 7.39. The zero-order chi connectivity index (χ0) is 20.1. The van der Waals surface area contributed by atoms with E-state index in [4.69, 9.17) is 16.3 Å². The van der Waals surface area contributed by atoms with Crippen LogP contribution in [0.25, 0.3) is 0 Å². The summed E-state index contributed by atoms with van der Waals surface area (Å²) in [5.74, 6) is -0.224. The number of rotatable bonds is 5. The van der Waals surface area contributed by atoms with E-state index in [-0.39, 0.29) is 17.2 Å². The normalized spacial score (nSPS) is 10.4. The van der Waals surface area contributed by atoms with Gasteiger partial charge in [-0.3, -0.25) is 20.4 Å². The lowest BCUT2D eigenvalue weighted by Crippen LogP contribution is -2.42. The summed E-state index contributed by atoms with van der Waals surface area (Å²) in [5.41, 5.74) is 9.81. The van der Waals surface area contributed by atoms with Crippen LogP contribution in [0.5, 0.6) is 5.75 Å². The van der Waals surface area contributed by atoms with E-state index in [1.54, 1.807) is 12.1 Å². The molecule has 0 spiro atoms. The number of amides is 2. The number of hydrazine groups is 1. The maximum Gasteiger partial charge on any atom is 0.273 e. The molecule has 2 rings (SSSR count). The minimum Gasteiger partial charge on any atom is -0.496 e. The summed E-state index contributed by atoms with van der Waals surface area (Å²) in [7, 11) is 1.46. The molecule has 2 amide bonds. The van der Waals surface area contributed by atoms with Crippen LogP contribution in [0.4, 0.5) is 0 Å². The Bertz CT molecular complexity index is 858. The first kappa shape index (κ1) is 21.1. The Morgan fingerprint density at radius 3 is 2.26 bits per heavy atom. The molecule has 27 heavy (non-hydrogen) atoms. The predicted molar refractivity (Wildman–Crippen MR) is 110 cm³/mol. The van der Waals surface area contributed by atoms with Crippen LogP contribution in [0.1, 0.15) is 32.6 Å². The molecular weight excluding hydrogens is 384 g/mol. The lowest BCUT2D eigenvalue weighted by Gasteiger charge is -2.15. The quantitative estimate of drug-likeness (QED) is 0.578. The van der Waals surface area contributed by atoms with E-state index in [1.807, 2.05) is 0 Å². The number of hydrogen-bond donors (Lipinski definition) is 2. The Labute approximate surface area is 168 Å². The van der Waals surface area contributed by atoms with Gasteiger partial charge >= 0.3 is 0 Å². The molecule has 0 bridgehead atoms. The molecule has 0 unspecified atom stereocenters. The second-order valence-electron chi connectivity index (χ2n) is 6.23. The number of methoxy groups -OCH3 is 1. The Hall–Kier alpha value is -2.18. The van der Waals surface area contributed by atoms with Gasteiger partial charge in [0.1, 0.15) is 5.75 Å². The third kappa shape index (κ3) is 5.17. The highest BCUT2D eigenvalue weighted by molar-refractivity contribution is 8.00. The first-order valence-corrected chi connectivity index (χ1v) is 9.73. The number of benzene rings is 2. The molecule has 7 heteroatoms. The standard InChI is InChI=1S/C20H23ClN2O3S/c1-11-8-12(2)14(4)19(13(11)3)27-10-18(24)22-23-20(25)16-9-15(21)6-7-17(16)26-5/h6-9H,10H2,1-5H3,(H,22,24)(H,23,25). The molecule has 0 aliphatic carbocycles. The maximum absolute atomic E-state index is 12.3. The SMILES string of the molecule is COc1ccc(Cl)cc1C(=O)NNC(=O)CSc1c(C)c(C)cc(C)c1C. The molecule has 2 aromatic rings. The zero-order valence-electron chi connectivity index (χ0n) is 16.0. The topological polar surface area (TPSA) is 67.4 Å². The van der Waals surface area contributed by atoms with Crippen LogP contribution in [-0.4, -0.2) is 24.7 Å². The number of thioether (sulfide) groups is 1. The minimum absolute atomic E-state index is 0.192. The molecular formula is C20H23ClN2O3S. The fraction of sp³-hybridized carbons (Fsp3) is 0.300. The molecule has 0 aliphatic heterocycles. The van der Waals surface area contributed by atoms with E-state index in [0.29, 0.717) is 10.8 Å². The Morgan fingerprint density at radius 1 is 1.04 bits per heavy atom. The lowest BCUT2D eigenvalue weighted by atomic mass is 10.0. The monoisotopic (exact) mass is 406 g/mol. The van der Waals surface area contributed by atoms with Crippen molar-refractivity contribution < 1.29 is 14.3 Å². The van der Waals surface area contributed by atoms with Gasteiger partial charge in [-0.15, -0.1) is 11.8 Å². The Kier molecular flexibility index (Phi) is 7.16. The highest BCUT2D eigenvalue weighted by Crippen LogP contribution is 2.30. The van der Waals surface area contributed by atoms with Gasteiger partial charge in [0.25, 0.3) is 5.91 Å². The summed E-state index contributed by atoms with van der Waals surface area (Å²) < 4.78 is 5.15. The van der Waals surface area contributed by atoms with Gasteiger partial charge in [-0.2, -0.15) is 0 Å². The zero-order valence-corrected chi connectivity index (χ0v) is 17.6. The molecule has 0 radical (unpaired) electrons. The van der Waals surface area contributed by atoms with Crippen molar-refractivity contribution in [3.63, 3.8) is 0 Å². The van der Waals surface area contributed by atoms with Crippen LogP contribution in [-0.2, 0) is 4.79 Å². The summed E-state index contributed by atoms with van der Waals surface area (Å²) in [6.07, 6.45) is 0. The number of aryl methyl sites for hydroxylation is 2. The van der Waals surface area contributed by atoms with Gasteiger partial charge in [0.15, 0.2) is 0 Å². The number of halogens is 1. The van der Waals surface area contributed by atoms with Gasteiger partial charge in [-0.1, -0.05) is 17.7 Å². The van der Waals surface area contributed by atoms with Crippen molar-refractivity contribution in [2.45, 2.75) is 32.6 Å². The van der Waals surface area contributed by atoms with Gasteiger partial charge in [0.2, 0.25) is 5.91 Å². The molecule has 0 saturated carbocycles. The van der Waals surface area contributed by atoms with E-state index in [2.05, 4.69) is 44.6 Å². The van der Waals surface area contributed by atoms with E-state index in [9.17, 15) is 9.59 Å². The molecule has 0 saturated heterocycles. The van der Waals surface area contributed by atoms with Crippen molar-refractivity contribution in [2.75, 3.05) is 12.9 Å². The summed E-state index contributed by atoms with van der Waals surface area (Å²) in [6, 6.07) is 6.85. The van der Waals surface area contributed by atoms with Crippen LogP contribution in [0.3, 0.4) is 0 Å². The molecule has 0 atom stereocenters. The minimum atomic E-state index is -0.494. The third-order valence-electron chi connectivity index (χ3n) is 4.37. The molecule has 5 nitrogen and oxygen atoms in total. The smallest absolute Gasteiger partial charge is 0.273 e. The number of carbonyl (C=O) groups excluding carboxylic acids is 2. The highest BCUT2D eigenvalue weighted by atomic mass is 35.5. The second kappa shape index (κ2) is 9.15. The average molecular weight is 407 g/mol. The van der Waals surface area contributed by atoms with Crippen molar-refractivity contribution in [3.05, 3.63) is 57.1 Å². The third-order valence-corrected chi connectivity index (χ3v) is 5.91. The summed E-state index contributed by atoms with van der Waals surface area (Å²) in [6.45, 7) is 8.22. The summed E-state index contributed by atoms with van der Waals surface area (Å²) in [4.78, 5) is 25.5. The van der Waals surface area contributed by atoms with Crippen LogP contribution < -0.4 is 15.6 Å². The number of ether oxygens (including phenoxy) is 1. The second-order valence-corrected chi connectivity index (χ2v) is 7.65. The first-order chi connectivity index (χ1) is 12.7. The van der Waals surface area contributed by atoms with Gasteiger partial charge in [0, 0.05) is 9.92 Å². The first-order valence-electron chi connectivity index (χ1n) is 8.37. The average Bonchev–Trinajstić information content (AvgIpc) is 2.64. The molecule has 2 N–H and O–H groups in total. The Balaban J connectivity index is 1.98. The molecule has 0 aliphatic rings. The molecule has 0 fully saturated rings. The Morgan fingerprint density at radius 2 is 1.67 bits per heavy atom. The van der Waals surface area contributed by atoms with Crippen molar-refractivity contribution in [1.82, 2.24) is 10.9 Å². The van der Waals surface area contributed by atoms with E-state index < -0.39 is 5.91 Å². The van der Waals surface area contributed by atoms with Crippen molar-refractivity contribution in [2.24, 2.45) is 0 Å². The molecule has 2 aromatic carbocycles. The van der Waals surface area contributed by atoms with Crippen LogP contribution >= 0.6 is 23.4 Å². The van der Waals surface area contributed by atoms with Gasteiger partial charge in [0.05, 0.1) is 18.4 Å². The maximum atomic E-state index is 12.3.